The van der Waals surface area contributed by atoms with Crippen molar-refractivity contribution in [2.75, 3.05) is 6.54 Å². The molecule has 2 heterocycles. The zero-order chi connectivity index (χ0) is 14.2. The minimum atomic E-state index is -0.566. The molecule has 0 aliphatic heterocycles. The van der Waals surface area contributed by atoms with Crippen molar-refractivity contribution >= 4 is 5.65 Å². The Balaban J connectivity index is 1.92. The number of hydrogen-bond acceptors (Lipinski definition) is 3. The Hall–Kier alpha value is -1.39. The van der Waals surface area contributed by atoms with Crippen LogP contribution >= 0.6 is 0 Å². The molecule has 3 unspecified atom stereocenters. The molecule has 1 aliphatic carbocycles. The number of nitrogens with zero attached hydrogens (tertiary/aromatic N) is 2. The number of rotatable bonds is 4. The Morgan fingerprint density at radius 1 is 1.55 bits per heavy atom. The molecule has 0 spiro atoms. The Labute approximate surface area is 119 Å². The molecule has 3 atom stereocenters. The molecule has 3 rings (SSSR count). The molecule has 20 heavy (non-hydrogen) atoms. The standard InChI is InChI=1S/C16H23N3O/c1-2-12-6-7-16(9-12,11-17)15(20)13-10-19-8-4-3-5-14(19)18-13/h3-5,8,10,12,15,20H,2,6-7,9,11,17H2,1H3. The molecule has 4 nitrogen and oxygen atoms in total. The summed E-state index contributed by atoms with van der Waals surface area (Å²) in [5.74, 6) is 0.685. The summed E-state index contributed by atoms with van der Waals surface area (Å²) in [6.45, 7) is 2.74. The number of aliphatic hydroxyl groups excluding tert-OH is 1. The van der Waals surface area contributed by atoms with E-state index in [0.717, 1.165) is 30.6 Å². The zero-order valence-electron chi connectivity index (χ0n) is 12.0. The van der Waals surface area contributed by atoms with Gasteiger partial charge in [-0.05, 0) is 37.3 Å². The van der Waals surface area contributed by atoms with E-state index in [2.05, 4.69) is 11.9 Å². The summed E-state index contributed by atoms with van der Waals surface area (Å²) in [4.78, 5) is 4.56. The van der Waals surface area contributed by atoms with Crippen LogP contribution in [0.1, 0.15) is 44.4 Å². The van der Waals surface area contributed by atoms with Gasteiger partial charge in [0.1, 0.15) is 11.8 Å². The lowest BCUT2D eigenvalue weighted by Crippen LogP contribution is -2.34. The first-order valence-electron chi connectivity index (χ1n) is 7.50. The summed E-state index contributed by atoms with van der Waals surface area (Å²) >= 11 is 0. The highest BCUT2D eigenvalue weighted by Crippen LogP contribution is 2.49. The lowest BCUT2D eigenvalue weighted by atomic mass is 9.78. The van der Waals surface area contributed by atoms with Gasteiger partial charge in [-0.2, -0.15) is 0 Å². The predicted molar refractivity (Wildman–Crippen MR) is 79.3 cm³/mol. The summed E-state index contributed by atoms with van der Waals surface area (Å²) in [5.41, 5.74) is 7.45. The largest absolute Gasteiger partial charge is 0.386 e. The minimum absolute atomic E-state index is 0.196. The molecule has 4 heteroatoms. The number of hydrogen-bond donors (Lipinski definition) is 2. The first kappa shape index (κ1) is 13.6. The second kappa shape index (κ2) is 5.19. The van der Waals surface area contributed by atoms with Crippen molar-refractivity contribution in [1.29, 1.82) is 0 Å². The number of nitrogens with two attached hydrogens (primary N) is 1. The number of aliphatic hydroxyl groups is 1. The average Bonchev–Trinajstić information content (AvgIpc) is 3.11. The van der Waals surface area contributed by atoms with Crippen LogP contribution in [-0.2, 0) is 0 Å². The maximum Gasteiger partial charge on any atom is 0.137 e. The Bertz CT molecular complexity index is 561. The highest BCUT2D eigenvalue weighted by Gasteiger charge is 2.44. The van der Waals surface area contributed by atoms with Crippen molar-refractivity contribution < 1.29 is 5.11 Å². The predicted octanol–water partition coefficient (Wildman–Crippen LogP) is 2.52. The highest BCUT2D eigenvalue weighted by molar-refractivity contribution is 5.40. The van der Waals surface area contributed by atoms with Crippen LogP contribution in [0.4, 0.5) is 0 Å². The van der Waals surface area contributed by atoms with E-state index in [0.29, 0.717) is 12.5 Å². The van der Waals surface area contributed by atoms with Gasteiger partial charge in [-0.15, -0.1) is 0 Å². The van der Waals surface area contributed by atoms with Crippen molar-refractivity contribution in [3.8, 4) is 0 Å². The number of imidazole rings is 1. The lowest BCUT2D eigenvalue weighted by molar-refractivity contribution is 0.0272. The quantitative estimate of drug-likeness (QED) is 0.899. The van der Waals surface area contributed by atoms with Crippen molar-refractivity contribution in [3.63, 3.8) is 0 Å². The van der Waals surface area contributed by atoms with Crippen LogP contribution in [0.25, 0.3) is 5.65 Å². The van der Waals surface area contributed by atoms with Crippen LogP contribution in [-0.4, -0.2) is 21.0 Å². The third-order valence-corrected chi connectivity index (χ3v) is 4.97. The van der Waals surface area contributed by atoms with E-state index >= 15 is 0 Å². The molecule has 0 radical (unpaired) electrons. The fraction of sp³-hybridized carbons (Fsp3) is 0.562. The van der Waals surface area contributed by atoms with Gasteiger partial charge < -0.3 is 15.2 Å². The van der Waals surface area contributed by atoms with E-state index in [4.69, 9.17) is 5.73 Å². The lowest BCUT2D eigenvalue weighted by Gasteiger charge is -2.32. The van der Waals surface area contributed by atoms with Gasteiger partial charge >= 0.3 is 0 Å². The van der Waals surface area contributed by atoms with Gasteiger partial charge in [0.05, 0.1) is 5.69 Å². The fourth-order valence-corrected chi connectivity index (χ4v) is 3.56. The maximum absolute atomic E-state index is 10.8. The van der Waals surface area contributed by atoms with Gasteiger partial charge in [-0.3, -0.25) is 0 Å². The number of fused-ring (bicyclic) bond motifs is 1. The smallest absolute Gasteiger partial charge is 0.137 e. The minimum Gasteiger partial charge on any atom is -0.386 e. The Morgan fingerprint density at radius 2 is 2.40 bits per heavy atom. The van der Waals surface area contributed by atoms with Crippen LogP contribution < -0.4 is 5.73 Å². The maximum atomic E-state index is 10.8. The third kappa shape index (κ3) is 2.13. The molecular formula is C16H23N3O. The number of pyridine rings is 1. The summed E-state index contributed by atoms with van der Waals surface area (Å²) in [5, 5.41) is 10.8. The van der Waals surface area contributed by atoms with Crippen LogP contribution in [0.15, 0.2) is 30.6 Å². The average molecular weight is 273 g/mol. The van der Waals surface area contributed by atoms with E-state index in [9.17, 15) is 5.11 Å². The third-order valence-electron chi connectivity index (χ3n) is 4.97. The van der Waals surface area contributed by atoms with Gasteiger partial charge in [-0.25, -0.2) is 4.98 Å². The first-order valence-corrected chi connectivity index (χ1v) is 7.50. The second-order valence-corrected chi connectivity index (χ2v) is 6.12. The van der Waals surface area contributed by atoms with Gasteiger partial charge in [0, 0.05) is 24.4 Å². The normalized spacial score (nSPS) is 28.1. The van der Waals surface area contributed by atoms with Crippen molar-refractivity contribution in [3.05, 3.63) is 36.3 Å². The van der Waals surface area contributed by atoms with Gasteiger partial charge in [0.15, 0.2) is 0 Å². The fourth-order valence-electron chi connectivity index (χ4n) is 3.56. The second-order valence-electron chi connectivity index (χ2n) is 6.12. The molecule has 0 bridgehead atoms. The van der Waals surface area contributed by atoms with Crippen molar-refractivity contribution in [1.82, 2.24) is 9.38 Å². The molecule has 1 aliphatic rings. The van der Waals surface area contributed by atoms with Gasteiger partial charge in [-0.1, -0.05) is 19.4 Å². The Kier molecular flexibility index (Phi) is 3.52. The van der Waals surface area contributed by atoms with Gasteiger partial charge in [0.2, 0.25) is 0 Å². The first-order chi connectivity index (χ1) is 9.68. The molecule has 1 fully saturated rings. The van der Waals surface area contributed by atoms with Crippen molar-refractivity contribution in [2.24, 2.45) is 17.1 Å². The van der Waals surface area contributed by atoms with Crippen LogP contribution in [0, 0.1) is 11.3 Å². The molecule has 0 aromatic carbocycles. The topological polar surface area (TPSA) is 63.5 Å². The SMILES string of the molecule is CCC1CCC(CN)(C(O)c2cn3ccccc3n2)C1. The van der Waals surface area contributed by atoms with E-state index in [1.165, 1.54) is 6.42 Å². The molecule has 3 N–H and O–H groups in total. The molecule has 1 saturated carbocycles. The summed E-state index contributed by atoms with van der Waals surface area (Å²) in [6, 6.07) is 5.88. The zero-order valence-corrected chi connectivity index (χ0v) is 12.0. The monoisotopic (exact) mass is 273 g/mol. The van der Waals surface area contributed by atoms with E-state index in [-0.39, 0.29) is 5.41 Å². The van der Waals surface area contributed by atoms with Crippen molar-refractivity contribution in [2.45, 2.75) is 38.7 Å². The van der Waals surface area contributed by atoms with E-state index in [1.807, 2.05) is 35.0 Å². The number of aromatic nitrogens is 2. The molecule has 2 aromatic heterocycles. The molecule has 0 saturated heterocycles. The van der Waals surface area contributed by atoms with Crippen LogP contribution in [0.5, 0.6) is 0 Å². The van der Waals surface area contributed by atoms with E-state index < -0.39 is 6.10 Å². The molecule has 0 amide bonds. The Morgan fingerprint density at radius 3 is 3.05 bits per heavy atom. The van der Waals surface area contributed by atoms with Gasteiger partial charge in [0.25, 0.3) is 0 Å². The van der Waals surface area contributed by atoms with E-state index in [1.54, 1.807) is 0 Å². The van der Waals surface area contributed by atoms with Crippen LogP contribution in [0.2, 0.25) is 0 Å². The molecular weight excluding hydrogens is 250 g/mol. The highest BCUT2D eigenvalue weighted by atomic mass is 16.3. The summed E-state index contributed by atoms with van der Waals surface area (Å²) in [6.07, 6.45) is 7.65. The molecule has 108 valence electrons. The molecule has 2 aromatic rings. The summed E-state index contributed by atoms with van der Waals surface area (Å²) < 4.78 is 1.95. The summed E-state index contributed by atoms with van der Waals surface area (Å²) in [7, 11) is 0. The van der Waals surface area contributed by atoms with Crippen LogP contribution in [0.3, 0.4) is 0 Å².